The Bertz CT molecular complexity index is 399. The minimum absolute atomic E-state index is 0.187. The Kier molecular flexibility index (Phi) is 5.31. The first-order valence-corrected chi connectivity index (χ1v) is 5.64. The summed E-state index contributed by atoms with van der Waals surface area (Å²) in [5.41, 5.74) is 1.37. The molecule has 0 saturated heterocycles. The monoisotopic (exact) mass is 234 g/mol. The molecule has 1 atom stereocenters. The maximum atomic E-state index is 8.98. The van der Waals surface area contributed by atoms with Gasteiger partial charge in [0.2, 0.25) is 0 Å². The fourth-order valence-corrected chi connectivity index (χ4v) is 1.50. The number of nitrogens with one attached hydrogen (secondary N) is 1. The van der Waals surface area contributed by atoms with Gasteiger partial charge in [0.25, 0.3) is 0 Å². The Morgan fingerprint density at radius 1 is 1.53 bits per heavy atom. The second kappa shape index (κ2) is 6.77. The third-order valence-electron chi connectivity index (χ3n) is 2.61. The zero-order valence-electron chi connectivity index (χ0n) is 10.2. The molecule has 0 spiro atoms. The highest BCUT2D eigenvalue weighted by Gasteiger charge is 2.06. The lowest BCUT2D eigenvalue weighted by Gasteiger charge is -2.14. The maximum Gasteiger partial charge on any atom is 0.121 e. The van der Waals surface area contributed by atoms with Gasteiger partial charge in [-0.3, -0.25) is 0 Å². The van der Waals surface area contributed by atoms with Gasteiger partial charge in [-0.05, 0) is 24.5 Å². The first-order chi connectivity index (χ1) is 8.21. The van der Waals surface area contributed by atoms with E-state index in [0.29, 0.717) is 11.5 Å². The average Bonchev–Trinajstić information content (AvgIpc) is 2.36. The van der Waals surface area contributed by atoms with Crippen LogP contribution < -0.4 is 10.1 Å². The van der Waals surface area contributed by atoms with Gasteiger partial charge in [-0.1, -0.05) is 6.92 Å². The number of hydrogen-bond donors (Lipinski definition) is 2. The second-order valence-corrected chi connectivity index (χ2v) is 4.02. The fourth-order valence-electron chi connectivity index (χ4n) is 1.50. The molecule has 0 aliphatic heterocycles. The first kappa shape index (κ1) is 13.3. The van der Waals surface area contributed by atoms with Crippen molar-refractivity contribution < 1.29 is 9.84 Å². The van der Waals surface area contributed by atoms with Crippen LogP contribution in [0.5, 0.6) is 5.75 Å². The zero-order chi connectivity index (χ0) is 12.7. The van der Waals surface area contributed by atoms with Gasteiger partial charge < -0.3 is 15.2 Å². The van der Waals surface area contributed by atoms with Crippen molar-refractivity contribution in [3.63, 3.8) is 0 Å². The quantitative estimate of drug-likeness (QED) is 0.790. The van der Waals surface area contributed by atoms with Crippen molar-refractivity contribution >= 4 is 5.69 Å². The van der Waals surface area contributed by atoms with E-state index in [9.17, 15) is 0 Å². The zero-order valence-corrected chi connectivity index (χ0v) is 10.2. The van der Waals surface area contributed by atoms with E-state index in [0.717, 1.165) is 24.4 Å². The summed E-state index contributed by atoms with van der Waals surface area (Å²) in [6.45, 7) is 2.96. The third-order valence-corrected chi connectivity index (χ3v) is 2.61. The summed E-state index contributed by atoms with van der Waals surface area (Å²) in [6, 6.07) is 7.44. The Morgan fingerprint density at radius 3 is 2.88 bits per heavy atom. The topological polar surface area (TPSA) is 65.3 Å². The summed E-state index contributed by atoms with van der Waals surface area (Å²) in [5, 5.41) is 21.0. The number of aliphatic hydroxyl groups excluding tert-OH is 1. The normalized spacial score (nSPS) is 11.6. The molecular weight excluding hydrogens is 216 g/mol. The van der Waals surface area contributed by atoms with Crippen LogP contribution in [0.3, 0.4) is 0 Å². The van der Waals surface area contributed by atoms with E-state index in [-0.39, 0.29) is 6.61 Å². The van der Waals surface area contributed by atoms with Gasteiger partial charge in [-0.15, -0.1) is 0 Å². The molecule has 0 saturated carbocycles. The molecule has 0 amide bonds. The molecule has 4 heteroatoms. The van der Waals surface area contributed by atoms with Crippen LogP contribution in [0.2, 0.25) is 0 Å². The van der Waals surface area contributed by atoms with E-state index >= 15 is 0 Å². The van der Waals surface area contributed by atoms with Crippen LogP contribution >= 0.6 is 0 Å². The summed E-state index contributed by atoms with van der Waals surface area (Å²) >= 11 is 0. The van der Waals surface area contributed by atoms with Crippen LogP contribution in [0.25, 0.3) is 0 Å². The van der Waals surface area contributed by atoms with E-state index in [1.165, 1.54) is 0 Å². The number of methoxy groups -OCH3 is 1. The fraction of sp³-hybridized carbons (Fsp3) is 0.462. The standard InChI is InChI=1S/C13H18N2O2/c1-10(5-6-16)9-15-13-7-12(17-2)4-3-11(13)8-14/h3-4,7,10,15-16H,5-6,9H2,1-2H3. The summed E-state index contributed by atoms with van der Waals surface area (Å²) in [6.07, 6.45) is 0.749. The van der Waals surface area contributed by atoms with Crippen LogP contribution in [0.4, 0.5) is 5.69 Å². The van der Waals surface area contributed by atoms with Gasteiger partial charge >= 0.3 is 0 Å². The lowest BCUT2D eigenvalue weighted by molar-refractivity contribution is 0.266. The van der Waals surface area contributed by atoms with E-state index in [4.69, 9.17) is 15.1 Å². The van der Waals surface area contributed by atoms with Crippen LogP contribution in [0, 0.1) is 17.2 Å². The van der Waals surface area contributed by atoms with Crippen LogP contribution in [-0.4, -0.2) is 25.4 Å². The highest BCUT2D eigenvalue weighted by atomic mass is 16.5. The minimum Gasteiger partial charge on any atom is -0.497 e. The molecule has 0 heterocycles. The summed E-state index contributed by atoms with van der Waals surface area (Å²) in [4.78, 5) is 0. The lowest BCUT2D eigenvalue weighted by Crippen LogP contribution is -2.13. The van der Waals surface area contributed by atoms with Crippen molar-refractivity contribution in [2.75, 3.05) is 25.6 Å². The van der Waals surface area contributed by atoms with Gasteiger partial charge in [0, 0.05) is 19.2 Å². The molecule has 17 heavy (non-hydrogen) atoms. The number of rotatable bonds is 6. The van der Waals surface area contributed by atoms with E-state index < -0.39 is 0 Å². The van der Waals surface area contributed by atoms with Crippen LogP contribution in [0.15, 0.2) is 18.2 Å². The molecule has 92 valence electrons. The van der Waals surface area contributed by atoms with E-state index in [1.54, 1.807) is 19.2 Å². The Labute approximate surface area is 102 Å². The average molecular weight is 234 g/mol. The smallest absolute Gasteiger partial charge is 0.121 e. The van der Waals surface area contributed by atoms with Gasteiger partial charge in [-0.2, -0.15) is 5.26 Å². The van der Waals surface area contributed by atoms with Crippen molar-refractivity contribution in [2.45, 2.75) is 13.3 Å². The molecule has 1 rings (SSSR count). The molecule has 0 aromatic heterocycles. The number of nitriles is 1. The SMILES string of the molecule is COc1ccc(C#N)c(NCC(C)CCO)c1. The molecule has 0 radical (unpaired) electrons. The van der Waals surface area contributed by atoms with E-state index in [1.807, 2.05) is 6.07 Å². The Morgan fingerprint density at radius 2 is 2.29 bits per heavy atom. The predicted molar refractivity (Wildman–Crippen MR) is 67.1 cm³/mol. The lowest BCUT2D eigenvalue weighted by atomic mass is 10.1. The number of nitrogens with zero attached hydrogens (tertiary/aromatic N) is 1. The molecular formula is C13H18N2O2. The third kappa shape index (κ3) is 3.97. The number of benzene rings is 1. The van der Waals surface area contributed by atoms with Gasteiger partial charge in [0.1, 0.15) is 11.8 Å². The van der Waals surface area contributed by atoms with Crippen molar-refractivity contribution in [1.29, 1.82) is 5.26 Å². The highest BCUT2D eigenvalue weighted by molar-refractivity contribution is 5.60. The number of aliphatic hydroxyl groups is 1. The molecule has 0 aliphatic carbocycles. The molecule has 0 bridgehead atoms. The second-order valence-electron chi connectivity index (χ2n) is 4.02. The molecule has 2 N–H and O–H groups in total. The largest absolute Gasteiger partial charge is 0.497 e. The molecule has 1 aromatic carbocycles. The van der Waals surface area contributed by atoms with Crippen LogP contribution in [0.1, 0.15) is 18.9 Å². The van der Waals surface area contributed by atoms with Gasteiger partial charge in [0.15, 0.2) is 0 Å². The van der Waals surface area contributed by atoms with Gasteiger partial charge in [0.05, 0.1) is 18.4 Å². The Hall–Kier alpha value is -1.73. The van der Waals surface area contributed by atoms with Crippen molar-refractivity contribution in [3.05, 3.63) is 23.8 Å². The summed E-state index contributed by atoms with van der Waals surface area (Å²) in [7, 11) is 1.60. The first-order valence-electron chi connectivity index (χ1n) is 5.64. The Balaban J connectivity index is 2.71. The molecule has 1 unspecified atom stereocenters. The molecule has 0 aliphatic rings. The highest BCUT2D eigenvalue weighted by Crippen LogP contribution is 2.22. The molecule has 1 aromatic rings. The number of hydrogen-bond acceptors (Lipinski definition) is 4. The molecule has 0 fully saturated rings. The van der Waals surface area contributed by atoms with Crippen molar-refractivity contribution in [1.82, 2.24) is 0 Å². The summed E-state index contributed by atoms with van der Waals surface area (Å²) < 4.78 is 5.12. The minimum atomic E-state index is 0.187. The van der Waals surface area contributed by atoms with Crippen molar-refractivity contribution in [2.24, 2.45) is 5.92 Å². The van der Waals surface area contributed by atoms with Gasteiger partial charge in [-0.25, -0.2) is 0 Å². The van der Waals surface area contributed by atoms with E-state index in [2.05, 4.69) is 18.3 Å². The maximum absolute atomic E-state index is 8.98. The number of ether oxygens (including phenoxy) is 1. The number of anilines is 1. The molecule has 4 nitrogen and oxygen atoms in total. The predicted octanol–water partition coefficient (Wildman–Crippen LogP) is 2.00. The van der Waals surface area contributed by atoms with Crippen LogP contribution in [-0.2, 0) is 0 Å². The summed E-state index contributed by atoms with van der Waals surface area (Å²) in [5.74, 6) is 1.08. The van der Waals surface area contributed by atoms with Crippen molar-refractivity contribution in [3.8, 4) is 11.8 Å².